The minimum Gasteiger partial charge on any atom is -0.437 e. The number of aryl methyl sites for hydroxylation is 2. The van der Waals surface area contributed by atoms with E-state index in [0.29, 0.717) is 17.3 Å². The quantitative estimate of drug-likeness (QED) is 0.901. The summed E-state index contributed by atoms with van der Waals surface area (Å²) in [5.74, 6) is 1.79. The van der Waals surface area contributed by atoms with Gasteiger partial charge >= 0.3 is 0 Å². The van der Waals surface area contributed by atoms with Gasteiger partial charge in [-0.25, -0.2) is 4.98 Å². The van der Waals surface area contributed by atoms with Crippen LogP contribution in [0.1, 0.15) is 18.1 Å². The molecule has 3 rings (SSSR count). The van der Waals surface area contributed by atoms with Crippen molar-refractivity contribution in [1.82, 2.24) is 14.9 Å². The summed E-state index contributed by atoms with van der Waals surface area (Å²) in [5, 5.41) is 0.748. The number of hydrogen-bond donors (Lipinski definition) is 1. The Labute approximate surface area is 153 Å². The summed E-state index contributed by atoms with van der Waals surface area (Å²) < 4.78 is 5.93. The normalized spacial score (nSPS) is 15.4. The van der Waals surface area contributed by atoms with Crippen LogP contribution in [0, 0.1) is 13.8 Å². The summed E-state index contributed by atoms with van der Waals surface area (Å²) in [6.07, 6.45) is 1.50. The standard InChI is InChI=1S/C18H24ClN5O/c1-4-23-5-7-24(8-6-23)17-16(20)18(22-11-21-17)25-14-9-12(2)15(19)13(3)10-14/h9-11H,4-8,20H2,1-3H3. The maximum atomic E-state index is 6.30. The third-order valence-corrected chi connectivity index (χ3v) is 5.17. The zero-order chi connectivity index (χ0) is 18.0. The molecule has 0 amide bonds. The number of nitrogens with zero attached hydrogens (tertiary/aromatic N) is 4. The van der Waals surface area contributed by atoms with Crippen molar-refractivity contribution < 1.29 is 4.74 Å². The molecule has 1 aromatic heterocycles. The number of anilines is 2. The van der Waals surface area contributed by atoms with Gasteiger partial charge in [-0.15, -0.1) is 0 Å². The van der Waals surface area contributed by atoms with Crippen LogP contribution in [0.5, 0.6) is 11.6 Å². The van der Waals surface area contributed by atoms with Gasteiger partial charge < -0.3 is 20.3 Å². The number of likely N-dealkylation sites (N-methyl/N-ethyl adjacent to an activating group) is 1. The average molecular weight is 362 g/mol. The second-order valence-corrected chi connectivity index (χ2v) is 6.69. The summed E-state index contributed by atoms with van der Waals surface area (Å²) >= 11 is 6.22. The molecule has 0 unspecified atom stereocenters. The lowest BCUT2D eigenvalue weighted by atomic mass is 10.1. The van der Waals surface area contributed by atoms with Crippen molar-refractivity contribution in [1.29, 1.82) is 0 Å². The molecule has 134 valence electrons. The van der Waals surface area contributed by atoms with E-state index in [1.54, 1.807) is 0 Å². The number of nitrogen functional groups attached to an aromatic ring is 1. The molecule has 25 heavy (non-hydrogen) atoms. The summed E-state index contributed by atoms with van der Waals surface area (Å²) in [4.78, 5) is 13.2. The Morgan fingerprint density at radius 2 is 1.76 bits per heavy atom. The molecule has 1 fully saturated rings. The number of nitrogens with two attached hydrogens (primary N) is 1. The number of rotatable bonds is 4. The Morgan fingerprint density at radius 3 is 2.36 bits per heavy atom. The van der Waals surface area contributed by atoms with Crippen molar-refractivity contribution in [2.75, 3.05) is 43.4 Å². The second kappa shape index (κ2) is 7.45. The van der Waals surface area contributed by atoms with Gasteiger partial charge in [0, 0.05) is 31.2 Å². The van der Waals surface area contributed by atoms with Crippen molar-refractivity contribution in [3.8, 4) is 11.6 Å². The Hall–Kier alpha value is -2.05. The maximum absolute atomic E-state index is 6.30. The molecule has 1 aliphatic heterocycles. The van der Waals surface area contributed by atoms with E-state index in [0.717, 1.165) is 54.7 Å². The second-order valence-electron chi connectivity index (χ2n) is 6.31. The molecule has 0 aliphatic carbocycles. The largest absolute Gasteiger partial charge is 0.437 e. The van der Waals surface area contributed by atoms with E-state index in [9.17, 15) is 0 Å². The van der Waals surface area contributed by atoms with E-state index in [2.05, 4.69) is 26.7 Å². The smallest absolute Gasteiger partial charge is 0.248 e. The van der Waals surface area contributed by atoms with E-state index < -0.39 is 0 Å². The van der Waals surface area contributed by atoms with Crippen molar-refractivity contribution >= 4 is 23.1 Å². The average Bonchev–Trinajstić information content (AvgIpc) is 2.61. The first kappa shape index (κ1) is 17.8. The van der Waals surface area contributed by atoms with Gasteiger partial charge in [0.1, 0.15) is 17.8 Å². The zero-order valence-corrected chi connectivity index (χ0v) is 15.7. The third-order valence-electron chi connectivity index (χ3n) is 4.57. The Kier molecular flexibility index (Phi) is 5.30. The fraction of sp³-hybridized carbons (Fsp3) is 0.444. The number of hydrogen-bond acceptors (Lipinski definition) is 6. The lowest BCUT2D eigenvalue weighted by Gasteiger charge is -2.35. The highest BCUT2D eigenvalue weighted by atomic mass is 35.5. The molecular formula is C18H24ClN5O. The predicted octanol–water partition coefficient (Wildman–Crippen LogP) is 3.26. The Bertz CT molecular complexity index is 736. The summed E-state index contributed by atoms with van der Waals surface area (Å²) in [6, 6.07) is 3.77. The van der Waals surface area contributed by atoms with Crippen molar-refractivity contribution in [2.45, 2.75) is 20.8 Å². The van der Waals surface area contributed by atoms with Crippen molar-refractivity contribution in [3.05, 3.63) is 34.6 Å². The van der Waals surface area contributed by atoms with Crippen molar-refractivity contribution in [2.24, 2.45) is 0 Å². The molecule has 2 heterocycles. The highest BCUT2D eigenvalue weighted by molar-refractivity contribution is 6.32. The van der Waals surface area contributed by atoms with Crippen LogP contribution in [0.15, 0.2) is 18.5 Å². The van der Waals surface area contributed by atoms with E-state index >= 15 is 0 Å². The molecule has 1 saturated heterocycles. The van der Waals surface area contributed by atoms with Crippen LogP contribution in [0.3, 0.4) is 0 Å². The van der Waals surface area contributed by atoms with Gasteiger partial charge in [0.05, 0.1) is 0 Å². The highest BCUT2D eigenvalue weighted by Crippen LogP contribution is 2.34. The van der Waals surface area contributed by atoms with Crippen molar-refractivity contribution in [3.63, 3.8) is 0 Å². The van der Waals surface area contributed by atoms with E-state index in [1.165, 1.54) is 6.33 Å². The number of aromatic nitrogens is 2. The molecule has 0 spiro atoms. The minimum absolute atomic E-state index is 0.379. The van der Waals surface area contributed by atoms with E-state index in [1.807, 2.05) is 26.0 Å². The lowest BCUT2D eigenvalue weighted by molar-refractivity contribution is 0.270. The van der Waals surface area contributed by atoms with Gasteiger partial charge in [0.15, 0.2) is 5.82 Å². The van der Waals surface area contributed by atoms with E-state index in [4.69, 9.17) is 22.1 Å². The fourth-order valence-corrected chi connectivity index (χ4v) is 3.17. The van der Waals surface area contributed by atoms with Crippen LogP contribution >= 0.6 is 11.6 Å². The lowest BCUT2D eigenvalue weighted by Crippen LogP contribution is -2.46. The SMILES string of the molecule is CCN1CCN(c2ncnc(Oc3cc(C)c(Cl)c(C)c3)c2N)CC1. The van der Waals surface area contributed by atoms with Crippen LogP contribution in [-0.4, -0.2) is 47.6 Å². The molecule has 6 nitrogen and oxygen atoms in total. The molecule has 0 saturated carbocycles. The molecule has 2 aromatic rings. The molecule has 7 heteroatoms. The predicted molar refractivity (Wildman–Crippen MR) is 102 cm³/mol. The molecular weight excluding hydrogens is 338 g/mol. The molecule has 0 bridgehead atoms. The Morgan fingerprint density at radius 1 is 1.12 bits per heavy atom. The number of benzene rings is 1. The number of halogens is 1. The van der Waals surface area contributed by atoms with Crippen LogP contribution in [0.2, 0.25) is 5.02 Å². The number of piperazine rings is 1. The Balaban J connectivity index is 1.82. The highest BCUT2D eigenvalue weighted by Gasteiger charge is 2.21. The van der Waals surface area contributed by atoms with Crippen LogP contribution in [-0.2, 0) is 0 Å². The molecule has 0 atom stereocenters. The minimum atomic E-state index is 0.379. The zero-order valence-electron chi connectivity index (χ0n) is 14.9. The van der Waals surface area contributed by atoms with Gasteiger partial charge in [0.25, 0.3) is 0 Å². The first-order chi connectivity index (χ1) is 12.0. The fourth-order valence-electron chi connectivity index (χ4n) is 3.06. The van der Waals surface area contributed by atoms with Gasteiger partial charge in [-0.1, -0.05) is 18.5 Å². The summed E-state index contributed by atoms with van der Waals surface area (Å²) in [7, 11) is 0. The monoisotopic (exact) mass is 361 g/mol. The third kappa shape index (κ3) is 3.80. The first-order valence-electron chi connectivity index (χ1n) is 8.52. The van der Waals surface area contributed by atoms with Crippen LogP contribution < -0.4 is 15.4 Å². The van der Waals surface area contributed by atoms with Crippen LogP contribution in [0.4, 0.5) is 11.5 Å². The summed E-state index contributed by atoms with van der Waals surface area (Å²) in [6.45, 7) is 10.9. The number of ether oxygens (including phenoxy) is 1. The van der Waals surface area contributed by atoms with Crippen LogP contribution in [0.25, 0.3) is 0 Å². The molecule has 1 aliphatic rings. The van der Waals surface area contributed by atoms with Gasteiger partial charge in [-0.2, -0.15) is 4.98 Å². The maximum Gasteiger partial charge on any atom is 0.248 e. The molecule has 2 N–H and O–H groups in total. The van der Waals surface area contributed by atoms with Gasteiger partial charge in [0.2, 0.25) is 5.88 Å². The van der Waals surface area contributed by atoms with E-state index in [-0.39, 0.29) is 0 Å². The van der Waals surface area contributed by atoms with Gasteiger partial charge in [-0.05, 0) is 43.7 Å². The topological polar surface area (TPSA) is 67.5 Å². The molecule has 0 radical (unpaired) electrons. The summed E-state index contributed by atoms with van der Waals surface area (Å²) in [5.41, 5.74) is 8.69. The molecule has 1 aromatic carbocycles. The first-order valence-corrected chi connectivity index (χ1v) is 8.89. The van der Waals surface area contributed by atoms with Gasteiger partial charge in [-0.3, -0.25) is 0 Å².